The highest BCUT2D eigenvalue weighted by Gasteiger charge is 2.26. The molecule has 0 aliphatic carbocycles. The van der Waals surface area contributed by atoms with Crippen LogP contribution in [0.3, 0.4) is 0 Å². The zero-order valence-electron chi connectivity index (χ0n) is 13.4. The number of likely N-dealkylation sites (tertiary alicyclic amines) is 1. The molecule has 1 aromatic rings. The van der Waals surface area contributed by atoms with Crippen molar-refractivity contribution in [1.29, 1.82) is 0 Å². The first-order valence-corrected chi connectivity index (χ1v) is 8.50. The molecule has 1 fully saturated rings. The van der Waals surface area contributed by atoms with Crippen LogP contribution in [0.25, 0.3) is 0 Å². The van der Waals surface area contributed by atoms with Gasteiger partial charge < -0.3 is 15.5 Å². The van der Waals surface area contributed by atoms with Crippen molar-refractivity contribution in [3.05, 3.63) is 29.8 Å². The molecule has 0 amide bonds. The number of thiocarbonyl (C=S) groups is 1. The van der Waals surface area contributed by atoms with Crippen molar-refractivity contribution >= 4 is 23.0 Å². The van der Waals surface area contributed by atoms with Gasteiger partial charge in [0, 0.05) is 18.5 Å². The third-order valence-electron chi connectivity index (χ3n) is 4.43. The summed E-state index contributed by atoms with van der Waals surface area (Å²) in [6, 6.07) is 9.23. The van der Waals surface area contributed by atoms with Crippen LogP contribution in [-0.4, -0.2) is 30.8 Å². The highest BCUT2D eigenvalue weighted by Crippen LogP contribution is 2.16. The molecule has 1 aliphatic rings. The summed E-state index contributed by atoms with van der Waals surface area (Å²) in [5, 5.41) is 7.38. The summed E-state index contributed by atoms with van der Waals surface area (Å²) in [5.74, 6) is 0.564. The van der Waals surface area contributed by atoms with E-state index in [9.17, 15) is 0 Å². The van der Waals surface area contributed by atoms with Crippen molar-refractivity contribution in [2.45, 2.75) is 45.6 Å². The average Bonchev–Trinajstić information content (AvgIpc) is 2.93. The molecule has 1 heterocycles. The molecule has 1 saturated heterocycles. The zero-order valence-corrected chi connectivity index (χ0v) is 14.2. The first-order chi connectivity index (χ1) is 10.1. The van der Waals surface area contributed by atoms with Crippen molar-refractivity contribution in [2.24, 2.45) is 0 Å². The van der Waals surface area contributed by atoms with E-state index >= 15 is 0 Å². The summed E-state index contributed by atoms with van der Waals surface area (Å²) in [7, 11) is 0. The molecule has 0 radical (unpaired) electrons. The van der Waals surface area contributed by atoms with E-state index in [1.54, 1.807) is 4.90 Å². The summed E-state index contributed by atoms with van der Waals surface area (Å²) in [5.41, 5.74) is 2.41. The summed E-state index contributed by atoms with van der Waals surface area (Å²) < 4.78 is 0. The fourth-order valence-electron chi connectivity index (χ4n) is 3.04. The van der Waals surface area contributed by atoms with Crippen LogP contribution < -0.4 is 15.5 Å². The number of rotatable bonds is 5. The quantitative estimate of drug-likeness (QED) is 0.728. The topological polar surface area (TPSA) is 28.5 Å². The molecule has 1 unspecified atom stereocenters. The number of likely N-dealkylation sites (N-methyl/N-ethyl adjacent to an activating group) is 1. The minimum atomic E-state index is 0.564. The molecule has 0 saturated carbocycles. The normalized spacial score (nSPS) is 21.5. The molecule has 0 aromatic heterocycles. The summed E-state index contributed by atoms with van der Waals surface area (Å²) >= 11 is 5.40. The predicted octanol–water partition coefficient (Wildman–Crippen LogP) is 2.16. The predicted molar refractivity (Wildman–Crippen MR) is 94.1 cm³/mol. The second-order valence-electron chi connectivity index (χ2n) is 6.21. The minimum absolute atomic E-state index is 0.564. The third-order valence-corrected chi connectivity index (χ3v) is 4.67. The lowest BCUT2D eigenvalue weighted by atomic mass is 10.0. The average molecular weight is 306 g/mol. The second-order valence-corrected chi connectivity index (χ2v) is 6.62. The molecule has 2 rings (SSSR count). The molecule has 1 aromatic carbocycles. The Kier molecular flexibility index (Phi) is 6.00. The van der Waals surface area contributed by atoms with Crippen LogP contribution >= 0.6 is 12.2 Å². The molecular weight excluding hydrogens is 278 g/mol. The highest BCUT2D eigenvalue weighted by molar-refractivity contribution is 7.80. The lowest BCUT2D eigenvalue weighted by molar-refractivity contribution is -0.909. The first-order valence-electron chi connectivity index (χ1n) is 8.09. The van der Waals surface area contributed by atoms with Gasteiger partial charge >= 0.3 is 0 Å². The van der Waals surface area contributed by atoms with Gasteiger partial charge in [-0.15, -0.1) is 0 Å². The lowest BCUT2D eigenvalue weighted by Crippen LogP contribution is -3.14. The van der Waals surface area contributed by atoms with Crippen molar-refractivity contribution < 1.29 is 4.90 Å². The molecule has 3 N–H and O–H groups in total. The summed E-state index contributed by atoms with van der Waals surface area (Å²) in [6.45, 7) is 10.2. The molecule has 1 aliphatic heterocycles. The van der Waals surface area contributed by atoms with Gasteiger partial charge in [-0.2, -0.15) is 0 Å². The van der Waals surface area contributed by atoms with Gasteiger partial charge in [0.05, 0.1) is 19.6 Å². The number of quaternary nitrogens is 1. The van der Waals surface area contributed by atoms with Crippen LogP contribution in [0.15, 0.2) is 24.3 Å². The Balaban J connectivity index is 1.79. The Morgan fingerprint density at radius 1 is 1.33 bits per heavy atom. The van der Waals surface area contributed by atoms with E-state index in [-0.39, 0.29) is 0 Å². The highest BCUT2D eigenvalue weighted by atomic mass is 32.1. The number of nitrogens with one attached hydrogen (secondary N) is 3. The molecule has 116 valence electrons. The number of hydrogen-bond acceptors (Lipinski definition) is 1. The van der Waals surface area contributed by atoms with Crippen molar-refractivity contribution in [2.75, 3.05) is 25.0 Å². The van der Waals surface area contributed by atoms with E-state index < -0.39 is 0 Å². The lowest BCUT2D eigenvalue weighted by Gasteiger charge is -2.21. The van der Waals surface area contributed by atoms with E-state index in [1.165, 1.54) is 31.5 Å². The van der Waals surface area contributed by atoms with Crippen molar-refractivity contribution in [3.63, 3.8) is 0 Å². The monoisotopic (exact) mass is 306 g/mol. The Morgan fingerprint density at radius 3 is 2.67 bits per heavy atom. The summed E-state index contributed by atoms with van der Waals surface area (Å²) in [6.07, 6.45) is 2.65. The van der Waals surface area contributed by atoms with Gasteiger partial charge in [0.15, 0.2) is 5.11 Å². The fraction of sp³-hybridized carbons (Fsp3) is 0.588. The molecule has 4 heteroatoms. The smallest absolute Gasteiger partial charge is 0.170 e. The van der Waals surface area contributed by atoms with Gasteiger partial charge in [-0.25, -0.2) is 0 Å². The van der Waals surface area contributed by atoms with Crippen LogP contribution in [0.1, 0.15) is 45.1 Å². The Labute approximate surface area is 134 Å². The molecule has 3 nitrogen and oxygen atoms in total. The first kappa shape index (κ1) is 16.2. The molecule has 0 bridgehead atoms. The van der Waals surface area contributed by atoms with Gasteiger partial charge in [-0.05, 0) is 42.8 Å². The van der Waals surface area contributed by atoms with Crippen LogP contribution in [0.4, 0.5) is 5.69 Å². The van der Waals surface area contributed by atoms with E-state index in [2.05, 4.69) is 55.7 Å². The molecular formula is C17H28N3S+. The van der Waals surface area contributed by atoms with Gasteiger partial charge in [-0.3, -0.25) is 0 Å². The maximum Gasteiger partial charge on any atom is 0.170 e. The Hall–Kier alpha value is -1.13. The molecule has 21 heavy (non-hydrogen) atoms. The minimum Gasteiger partial charge on any atom is -0.356 e. The van der Waals surface area contributed by atoms with Gasteiger partial charge in [0.2, 0.25) is 0 Å². The van der Waals surface area contributed by atoms with Crippen LogP contribution in [0, 0.1) is 0 Å². The van der Waals surface area contributed by atoms with Crippen molar-refractivity contribution in [1.82, 2.24) is 5.32 Å². The second kappa shape index (κ2) is 7.76. The zero-order chi connectivity index (χ0) is 15.2. The standard InChI is InChI=1S/C17H27N3S/c1-4-20-11-5-6-16(20)12-18-17(21)19-15-9-7-14(8-10-15)13(2)3/h7-10,13,16H,4-6,11-12H2,1-3H3,(H2,18,19,21)/p+1/t16-/m1/s1. The number of benzene rings is 1. The molecule has 0 spiro atoms. The fourth-order valence-corrected chi connectivity index (χ4v) is 3.24. The van der Waals surface area contributed by atoms with Crippen LogP contribution in [0.5, 0.6) is 0 Å². The van der Waals surface area contributed by atoms with E-state index in [1.807, 2.05) is 0 Å². The van der Waals surface area contributed by atoms with Crippen LogP contribution in [-0.2, 0) is 0 Å². The van der Waals surface area contributed by atoms with Gasteiger partial charge in [-0.1, -0.05) is 26.0 Å². The van der Waals surface area contributed by atoms with Crippen molar-refractivity contribution in [3.8, 4) is 0 Å². The Morgan fingerprint density at radius 2 is 2.05 bits per heavy atom. The third kappa shape index (κ3) is 4.68. The summed E-state index contributed by atoms with van der Waals surface area (Å²) in [4.78, 5) is 1.70. The maximum atomic E-state index is 5.40. The van der Waals surface area contributed by atoms with Crippen LogP contribution in [0.2, 0.25) is 0 Å². The maximum absolute atomic E-state index is 5.40. The van der Waals surface area contributed by atoms with Gasteiger partial charge in [0.25, 0.3) is 0 Å². The number of anilines is 1. The van der Waals surface area contributed by atoms with Gasteiger partial charge in [0.1, 0.15) is 6.04 Å². The van der Waals surface area contributed by atoms with E-state index in [0.29, 0.717) is 12.0 Å². The van der Waals surface area contributed by atoms with E-state index in [0.717, 1.165) is 17.3 Å². The number of hydrogen-bond donors (Lipinski definition) is 3. The SMILES string of the molecule is CC[NH+]1CCC[C@@H]1CNC(=S)Nc1ccc(C(C)C)cc1. The Bertz CT molecular complexity index is 456. The largest absolute Gasteiger partial charge is 0.356 e. The van der Waals surface area contributed by atoms with E-state index in [4.69, 9.17) is 12.2 Å². The molecule has 2 atom stereocenters.